The molecule has 0 bridgehead atoms. The number of hydrogen-bond donors (Lipinski definition) is 2. The maximum Gasteiger partial charge on any atom is 0.220 e. The number of benzene rings is 1. The molecule has 26 heavy (non-hydrogen) atoms. The Morgan fingerprint density at radius 2 is 1.54 bits per heavy atom. The van der Waals surface area contributed by atoms with Gasteiger partial charge in [0.05, 0.1) is 0 Å². The quantitative estimate of drug-likeness (QED) is 0.632. The summed E-state index contributed by atoms with van der Waals surface area (Å²) in [6, 6.07) is 4.13. The minimum atomic E-state index is -0.140. The molecule has 0 unspecified atom stereocenters. The van der Waals surface area contributed by atoms with Crippen molar-refractivity contribution in [2.45, 2.75) is 91.9 Å². The third-order valence-corrected chi connectivity index (χ3v) is 4.71. The Kier molecular flexibility index (Phi) is 7.73. The van der Waals surface area contributed by atoms with E-state index in [0.717, 1.165) is 36.1 Å². The molecule has 148 valence electrons. The first-order valence-corrected chi connectivity index (χ1v) is 9.96. The standard InChI is InChI=1S/C23H39NO2/c1-16(2)10-9-13-24-20(25)12-11-17-14-18(22(3,4)5)21(26)19(15-17)23(6,7)8/h14-16,26H,9-13H2,1-8H3,(H,24,25). The molecular weight excluding hydrogens is 322 g/mol. The first-order chi connectivity index (χ1) is 11.8. The van der Waals surface area contributed by atoms with Gasteiger partial charge in [0, 0.05) is 13.0 Å². The van der Waals surface area contributed by atoms with Gasteiger partial charge in [-0.2, -0.15) is 0 Å². The molecule has 1 aromatic rings. The molecule has 0 spiro atoms. The number of amides is 1. The van der Waals surface area contributed by atoms with Crippen molar-refractivity contribution in [1.82, 2.24) is 5.32 Å². The van der Waals surface area contributed by atoms with Crippen molar-refractivity contribution < 1.29 is 9.90 Å². The Labute approximate surface area is 160 Å². The van der Waals surface area contributed by atoms with Gasteiger partial charge in [-0.15, -0.1) is 0 Å². The fraction of sp³-hybridized carbons (Fsp3) is 0.696. The van der Waals surface area contributed by atoms with Crippen LogP contribution in [0.4, 0.5) is 0 Å². The van der Waals surface area contributed by atoms with Gasteiger partial charge in [0.2, 0.25) is 5.91 Å². The van der Waals surface area contributed by atoms with Crippen molar-refractivity contribution in [3.8, 4) is 5.75 Å². The largest absolute Gasteiger partial charge is 0.507 e. The highest BCUT2D eigenvalue weighted by Crippen LogP contribution is 2.39. The van der Waals surface area contributed by atoms with Gasteiger partial charge in [0.25, 0.3) is 0 Å². The highest BCUT2D eigenvalue weighted by atomic mass is 16.3. The van der Waals surface area contributed by atoms with Gasteiger partial charge >= 0.3 is 0 Å². The average Bonchev–Trinajstić information content (AvgIpc) is 2.48. The van der Waals surface area contributed by atoms with E-state index in [1.54, 1.807) is 0 Å². The van der Waals surface area contributed by atoms with E-state index in [0.29, 0.717) is 24.5 Å². The summed E-state index contributed by atoms with van der Waals surface area (Å²) in [5.74, 6) is 1.18. The topological polar surface area (TPSA) is 49.3 Å². The van der Waals surface area contributed by atoms with Crippen molar-refractivity contribution >= 4 is 5.91 Å². The Bertz CT molecular complexity index is 569. The van der Waals surface area contributed by atoms with Gasteiger partial charge in [-0.25, -0.2) is 0 Å². The SMILES string of the molecule is CC(C)CCCNC(=O)CCc1cc(C(C)(C)C)c(O)c(C(C)(C)C)c1. The van der Waals surface area contributed by atoms with Crippen LogP contribution in [0, 0.1) is 5.92 Å². The molecule has 0 saturated carbocycles. The molecule has 0 heterocycles. The lowest BCUT2D eigenvalue weighted by molar-refractivity contribution is -0.121. The van der Waals surface area contributed by atoms with E-state index >= 15 is 0 Å². The van der Waals surface area contributed by atoms with Crippen molar-refractivity contribution in [3.63, 3.8) is 0 Å². The maximum absolute atomic E-state index is 12.1. The second kappa shape index (κ2) is 8.92. The third-order valence-electron chi connectivity index (χ3n) is 4.71. The van der Waals surface area contributed by atoms with Gasteiger partial charge < -0.3 is 10.4 Å². The monoisotopic (exact) mass is 361 g/mol. The smallest absolute Gasteiger partial charge is 0.220 e. The van der Waals surface area contributed by atoms with Crippen LogP contribution < -0.4 is 5.32 Å². The van der Waals surface area contributed by atoms with Gasteiger partial charge in [-0.05, 0) is 52.7 Å². The van der Waals surface area contributed by atoms with E-state index in [1.807, 2.05) is 0 Å². The van der Waals surface area contributed by atoms with E-state index in [2.05, 4.69) is 72.8 Å². The summed E-state index contributed by atoms with van der Waals surface area (Å²) in [4.78, 5) is 12.1. The summed E-state index contributed by atoms with van der Waals surface area (Å²) in [6.07, 6.45) is 3.36. The summed E-state index contributed by atoms with van der Waals surface area (Å²) >= 11 is 0. The maximum atomic E-state index is 12.1. The minimum Gasteiger partial charge on any atom is -0.507 e. The lowest BCUT2D eigenvalue weighted by Gasteiger charge is -2.28. The van der Waals surface area contributed by atoms with E-state index in [1.165, 1.54) is 0 Å². The zero-order chi connectivity index (χ0) is 20.1. The molecule has 3 heteroatoms. The number of phenolic OH excluding ortho intramolecular Hbond substituents is 1. The number of nitrogens with one attached hydrogen (secondary N) is 1. The van der Waals surface area contributed by atoms with Gasteiger partial charge in [0.15, 0.2) is 0 Å². The average molecular weight is 362 g/mol. The van der Waals surface area contributed by atoms with Gasteiger partial charge in [0.1, 0.15) is 5.75 Å². The van der Waals surface area contributed by atoms with Gasteiger partial charge in [-0.3, -0.25) is 4.79 Å². The van der Waals surface area contributed by atoms with Crippen LogP contribution in [0.1, 0.15) is 91.3 Å². The van der Waals surface area contributed by atoms with Crippen LogP contribution >= 0.6 is 0 Å². The summed E-state index contributed by atoms with van der Waals surface area (Å²) in [6.45, 7) is 17.8. The van der Waals surface area contributed by atoms with Crippen LogP contribution in [0.2, 0.25) is 0 Å². The second-order valence-corrected chi connectivity index (χ2v) is 9.93. The normalized spacial score (nSPS) is 12.5. The van der Waals surface area contributed by atoms with Gasteiger partial charge in [-0.1, -0.05) is 67.5 Å². The van der Waals surface area contributed by atoms with Crippen LogP contribution in [-0.4, -0.2) is 17.6 Å². The lowest BCUT2D eigenvalue weighted by Crippen LogP contribution is -2.25. The first-order valence-electron chi connectivity index (χ1n) is 9.96. The first kappa shape index (κ1) is 22.5. The molecular formula is C23H39NO2. The molecule has 0 fully saturated rings. The number of rotatable bonds is 7. The Balaban J connectivity index is 2.85. The predicted octanol–water partition coefficient (Wildman–Crippen LogP) is 5.47. The molecule has 3 nitrogen and oxygen atoms in total. The highest BCUT2D eigenvalue weighted by molar-refractivity contribution is 5.76. The molecule has 0 saturated heterocycles. The molecule has 0 radical (unpaired) electrons. The number of hydrogen-bond acceptors (Lipinski definition) is 2. The molecule has 2 N–H and O–H groups in total. The molecule has 1 aromatic carbocycles. The number of carbonyl (C=O) groups is 1. The number of phenols is 1. The van der Waals surface area contributed by atoms with Crippen LogP contribution in [0.3, 0.4) is 0 Å². The lowest BCUT2D eigenvalue weighted by atomic mass is 9.78. The van der Waals surface area contributed by atoms with Crippen molar-refractivity contribution in [2.24, 2.45) is 5.92 Å². The van der Waals surface area contributed by atoms with Crippen LogP contribution in [0.25, 0.3) is 0 Å². The Morgan fingerprint density at radius 3 is 1.96 bits per heavy atom. The number of aryl methyl sites for hydroxylation is 1. The number of aromatic hydroxyl groups is 1. The molecule has 0 aliphatic rings. The van der Waals surface area contributed by atoms with E-state index in [9.17, 15) is 9.90 Å². The second-order valence-electron chi connectivity index (χ2n) is 9.93. The number of carbonyl (C=O) groups excluding carboxylic acids is 1. The molecule has 0 aliphatic heterocycles. The van der Waals surface area contributed by atoms with E-state index in [4.69, 9.17) is 0 Å². The summed E-state index contributed by atoms with van der Waals surface area (Å²) in [7, 11) is 0. The summed E-state index contributed by atoms with van der Waals surface area (Å²) in [5.41, 5.74) is 2.75. The van der Waals surface area contributed by atoms with Crippen LogP contribution in [-0.2, 0) is 22.0 Å². The zero-order valence-corrected chi connectivity index (χ0v) is 18.1. The van der Waals surface area contributed by atoms with Crippen molar-refractivity contribution in [3.05, 3.63) is 28.8 Å². The fourth-order valence-electron chi connectivity index (χ4n) is 3.07. The van der Waals surface area contributed by atoms with Crippen molar-refractivity contribution in [2.75, 3.05) is 6.54 Å². The molecule has 0 atom stereocenters. The third kappa shape index (κ3) is 7.01. The molecule has 0 aromatic heterocycles. The molecule has 1 rings (SSSR count). The van der Waals surface area contributed by atoms with E-state index < -0.39 is 0 Å². The predicted molar refractivity (Wildman–Crippen MR) is 111 cm³/mol. The Morgan fingerprint density at radius 1 is 1.04 bits per heavy atom. The van der Waals surface area contributed by atoms with Crippen LogP contribution in [0.5, 0.6) is 5.75 Å². The highest BCUT2D eigenvalue weighted by Gasteiger charge is 2.26. The summed E-state index contributed by atoms with van der Waals surface area (Å²) < 4.78 is 0. The zero-order valence-electron chi connectivity index (χ0n) is 18.1. The van der Waals surface area contributed by atoms with E-state index in [-0.39, 0.29) is 16.7 Å². The molecule has 1 amide bonds. The molecule has 0 aliphatic carbocycles. The fourth-order valence-corrected chi connectivity index (χ4v) is 3.07. The Hall–Kier alpha value is -1.51. The minimum absolute atomic E-state index is 0.108. The van der Waals surface area contributed by atoms with Crippen molar-refractivity contribution in [1.29, 1.82) is 0 Å². The summed E-state index contributed by atoms with van der Waals surface area (Å²) in [5, 5.41) is 13.8. The van der Waals surface area contributed by atoms with Crippen LogP contribution in [0.15, 0.2) is 12.1 Å².